The number of aromatic amines is 2. The normalized spacial score (nSPS) is 15.2. The zero-order valence-electron chi connectivity index (χ0n) is 48.4. The second-order valence-corrected chi connectivity index (χ2v) is 23.4. The third kappa shape index (κ3) is 13.3. The van der Waals surface area contributed by atoms with E-state index in [0.29, 0.717) is 72.4 Å². The van der Waals surface area contributed by atoms with Crippen molar-refractivity contribution in [1.29, 1.82) is 0 Å². The van der Waals surface area contributed by atoms with Crippen LogP contribution >= 0.6 is 0 Å². The summed E-state index contributed by atoms with van der Waals surface area (Å²) >= 11 is 0. The fraction of sp³-hybridized carbons (Fsp3) is 0.531. The Labute approximate surface area is 472 Å². The lowest BCUT2D eigenvalue weighted by molar-refractivity contribution is -0.122. The lowest BCUT2D eigenvalue weighted by Crippen LogP contribution is -2.39. The van der Waals surface area contributed by atoms with Gasteiger partial charge in [-0.25, -0.2) is 19.0 Å². The monoisotopic (exact) mass is 1090 g/mol. The molecule has 426 valence electrons. The molecule has 2 aliphatic heterocycles. The van der Waals surface area contributed by atoms with E-state index in [1.54, 1.807) is 35.9 Å². The minimum absolute atomic E-state index is 0.185. The van der Waals surface area contributed by atoms with Crippen molar-refractivity contribution >= 4 is 44.9 Å². The highest BCUT2D eigenvalue weighted by Crippen LogP contribution is 2.41. The highest BCUT2D eigenvalue weighted by Gasteiger charge is 2.26. The Morgan fingerprint density at radius 3 is 1.32 bits per heavy atom. The van der Waals surface area contributed by atoms with Gasteiger partial charge in [-0.2, -0.15) is 10.2 Å². The van der Waals surface area contributed by atoms with Gasteiger partial charge in [0.2, 0.25) is 11.8 Å². The number of unbranched alkanes of at least 4 members (excludes halogenated alkanes) is 9. The molecule has 10 rings (SSSR count). The quantitative estimate of drug-likeness (QED) is 0.0363. The van der Waals surface area contributed by atoms with Gasteiger partial charge in [0, 0.05) is 84.3 Å². The summed E-state index contributed by atoms with van der Waals surface area (Å²) in [6, 6.07) is 18.0. The highest BCUT2D eigenvalue weighted by atomic mass is 16.5. The zero-order chi connectivity index (χ0) is 55.5. The van der Waals surface area contributed by atoms with Crippen LogP contribution in [0, 0.1) is 0 Å². The highest BCUT2D eigenvalue weighted by molar-refractivity contribution is 5.93. The first-order chi connectivity index (χ1) is 39.0. The first-order valence-corrected chi connectivity index (χ1v) is 30.1. The van der Waals surface area contributed by atoms with Crippen LogP contribution < -0.4 is 20.1 Å². The molecule has 2 saturated heterocycles. The summed E-state index contributed by atoms with van der Waals surface area (Å²) in [4.78, 5) is 46.5. The van der Waals surface area contributed by atoms with E-state index in [-0.39, 0.29) is 11.8 Å². The summed E-state index contributed by atoms with van der Waals surface area (Å²) in [5.74, 6) is 3.47. The van der Waals surface area contributed by atoms with Gasteiger partial charge in [-0.05, 0) is 147 Å². The van der Waals surface area contributed by atoms with E-state index >= 15 is 0 Å². The molecule has 0 unspecified atom stereocenters. The predicted molar refractivity (Wildman–Crippen MR) is 320 cm³/mol. The molecule has 2 fully saturated rings. The molecule has 2 aromatic carbocycles. The lowest BCUT2D eigenvalue weighted by atomic mass is 9.87. The van der Waals surface area contributed by atoms with Gasteiger partial charge in [-0.3, -0.25) is 9.59 Å². The molecule has 8 aromatic rings. The molecule has 16 heteroatoms. The summed E-state index contributed by atoms with van der Waals surface area (Å²) in [5, 5.41) is 17.7. The molecular weight excluding hydrogens is 1000 g/mol. The smallest absolute Gasteiger partial charge is 0.220 e. The van der Waals surface area contributed by atoms with Crippen molar-refractivity contribution in [2.45, 2.75) is 154 Å². The predicted octanol–water partition coefficient (Wildman–Crippen LogP) is 12.3. The molecule has 80 heavy (non-hydrogen) atoms. The molecule has 0 aliphatic carbocycles. The van der Waals surface area contributed by atoms with Crippen LogP contribution in [0.4, 0.5) is 0 Å². The lowest BCUT2D eigenvalue weighted by Gasteiger charge is -2.32. The van der Waals surface area contributed by atoms with Crippen molar-refractivity contribution in [3.8, 4) is 34.0 Å². The maximum atomic E-state index is 12.7. The maximum Gasteiger partial charge on any atom is 0.220 e. The number of methoxy groups -OCH3 is 2. The Bertz CT molecular complexity index is 3110. The summed E-state index contributed by atoms with van der Waals surface area (Å²) in [6.07, 6.45) is 24.4. The van der Waals surface area contributed by atoms with Gasteiger partial charge in [-0.15, -0.1) is 0 Å². The van der Waals surface area contributed by atoms with Crippen molar-refractivity contribution in [2.75, 3.05) is 66.6 Å². The number of piperidine rings is 2. The number of amides is 2. The van der Waals surface area contributed by atoms with E-state index in [1.807, 2.05) is 12.4 Å². The van der Waals surface area contributed by atoms with E-state index in [0.717, 1.165) is 124 Å². The van der Waals surface area contributed by atoms with E-state index in [9.17, 15) is 9.59 Å². The molecule has 2 aliphatic rings. The number of ether oxygens (including phenoxy) is 2. The summed E-state index contributed by atoms with van der Waals surface area (Å²) in [5.41, 5.74) is 13.4. The number of benzene rings is 2. The van der Waals surface area contributed by atoms with Crippen LogP contribution in [-0.4, -0.2) is 127 Å². The topological polar surface area (TPSA) is 175 Å². The summed E-state index contributed by atoms with van der Waals surface area (Å²) in [6.45, 7) is 16.5. The number of fused-ring (bicyclic) bond motifs is 4. The van der Waals surface area contributed by atoms with Crippen LogP contribution in [0.5, 0.6) is 11.5 Å². The van der Waals surface area contributed by atoms with Crippen LogP contribution in [-0.2, 0) is 9.59 Å². The Balaban J connectivity index is 0.534. The Morgan fingerprint density at radius 1 is 0.562 bits per heavy atom. The van der Waals surface area contributed by atoms with Crippen LogP contribution in [0.25, 0.3) is 55.6 Å². The molecule has 6 aromatic heterocycles. The molecule has 0 saturated carbocycles. The maximum absolute atomic E-state index is 12.7. The Morgan fingerprint density at radius 2 is 0.950 bits per heavy atom. The van der Waals surface area contributed by atoms with Gasteiger partial charge in [0.05, 0.1) is 25.6 Å². The Hall–Kier alpha value is -6.78. The number of nitrogens with one attached hydrogen (secondary N) is 4. The van der Waals surface area contributed by atoms with E-state index in [1.165, 1.54) is 71.6 Å². The number of hydrogen-bond acceptors (Lipinski definition) is 10. The number of nitrogens with zero attached hydrogens (tertiary/aromatic N) is 8. The fourth-order valence-corrected chi connectivity index (χ4v) is 12.8. The van der Waals surface area contributed by atoms with Crippen molar-refractivity contribution in [3.63, 3.8) is 0 Å². The molecule has 0 bridgehead atoms. The second kappa shape index (κ2) is 26.7. The van der Waals surface area contributed by atoms with E-state index in [4.69, 9.17) is 9.47 Å². The molecule has 0 spiro atoms. The number of rotatable bonds is 27. The molecule has 0 atom stereocenters. The number of carbonyl (C=O) groups excluding carboxylic acids is 2. The number of likely N-dealkylation sites (tertiary alicyclic amines) is 2. The first-order valence-electron chi connectivity index (χ1n) is 30.1. The summed E-state index contributed by atoms with van der Waals surface area (Å²) in [7, 11) is 3.35. The molecule has 2 amide bonds. The molecule has 8 heterocycles. The molecular formula is C64H86N12O4. The van der Waals surface area contributed by atoms with Crippen molar-refractivity contribution in [1.82, 2.24) is 59.6 Å². The van der Waals surface area contributed by atoms with E-state index in [2.05, 4.69) is 127 Å². The van der Waals surface area contributed by atoms with Gasteiger partial charge >= 0.3 is 0 Å². The van der Waals surface area contributed by atoms with Crippen LogP contribution in [0.3, 0.4) is 0 Å². The van der Waals surface area contributed by atoms with Gasteiger partial charge < -0.3 is 39.9 Å². The largest absolute Gasteiger partial charge is 0.493 e. The van der Waals surface area contributed by atoms with Gasteiger partial charge in [-0.1, -0.05) is 91.2 Å². The molecule has 0 radical (unpaired) electrons. The number of hydrogen-bond donors (Lipinski definition) is 4. The minimum Gasteiger partial charge on any atom is -0.493 e. The van der Waals surface area contributed by atoms with Crippen molar-refractivity contribution in [3.05, 3.63) is 95.8 Å². The van der Waals surface area contributed by atoms with Gasteiger partial charge in [0.25, 0.3) is 0 Å². The van der Waals surface area contributed by atoms with Crippen molar-refractivity contribution < 1.29 is 19.1 Å². The summed E-state index contributed by atoms with van der Waals surface area (Å²) < 4.78 is 14.9. The number of H-pyrrole nitrogens is 2. The van der Waals surface area contributed by atoms with Crippen LogP contribution in [0.2, 0.25) is 0 Å². The van der Waals surface area contributed by atoms with E-state index < -0.39 is 0 Å². The molecule has 16 nitrogen and oxygen atoms in total. The third-order valence-corrected chi connectivity index (χ3v) is 17.3. The third-order valence-electron chi connectivity index (χ3n) is 17.3. The van der Waals surface area contributed by atoms with Gasteiger partial charge in [0.1, 0.15) is 12.7 Å². The number of pyridine rings is 2. The number of carbonyl (C=O) groups is 2. The first kappa shape index (κ1) is 56.5. The standard InChI is InChI=1S/C64H86N12O4/c1-43(2)59-51-35-47(19-21-53(51)71-61(59)49-37-55(79-5)63-67-41-69-75(63)39-49)45-23-29-73(30-24-45)33-27-65-57(77)17-15-13-11-9-7-8-10-12-14-16-18-58(78)66-28-34-74-31-25-46(26-32-74)48-20-22-54-52(36-48)60(44(3)4)62(72-54)50-38-56(80-6)64-68-42-70-76(64)40-50/h19-22,35-46,71-72H,7-18,23-34H2,1-6H3,(H,65,77)(H,66,78). The zero-order valence-corrected chi connectivity index (χ0v) is 48.4. The average Bonchev–Trinajstić information content (AvgIpc) is 4.35. The second-order valence-electron chi connectivity index (χ2n) is 23.4. The minimum atomic E-state index is 0.185. The van der Waals surface area contributed by atoms with Crippen LogP contribution in [0.15, 0.2) is 73.6 Å². The Kier molecular flexibility index (Phi) is 18.8. The molecule has 4 N–H and O–H groups in total. The number of aromatic nitrogens is 8. The SMILES string of the molecule is COc1cc(-c2[nH]c3ccc(C4CCN(CCNC(=O)CCCCCCCCCCCCC(=O)NCCN5CCC(c6ccc7[nH]c(-c8cc(OC)c9ncnn9c8)c(C(C)C)c7c6)CC5)CC4)cc3c2C(C)C)cn2ncnc12. The fourth-order valence-electron chi connectivity index (χ4n) is 12.8. The van der Waals surface area contributed by atoms with Gasteiger partial charge in [0.15, 0.2) is 22.8 Å². The van der Waals surface area contributed by atoms with Crippen molar-refractivity contribution in [2.24, 2.45) is 0 Å². The average molecular weight is 1090 g/mol. The van der Waals surface area contributed by atoms with Crippen LogP contribution in [0.1, 0.15) is 176 Å².